The third kappa shape index (κ3) is 2.99. The fourth-order valence-corrected chi connectivity index (χ4v) is 3.71. The van der Waals surface area contributed by atoms with Crippen LogP contribution in [0.2, 0.25) is 0 Å². The fourth-order valence-electron chi connectivity index (χ4n) is 3.71. The van der Waals surface area contributed by atoms with Crippen molar-refractivity contribution in [3.05, 3.63) is 29.3 Å². The van der Waals surface area contributed by atoms with E-state index in [9.17, 15) is 10.2 Å². The van der Waals surface area contributed by atoms with Crippen LogP contribution in [0.15, 0.2) is 18.2 Å². The van der Waals surface area contributed by atoms with Gasteiger partial charge in [0.05, 0.1) is 5.60 Å². The molecule has 0 aromatic heterocycles. The molecule has 1 aromatic rings. The van der Waals surface area contributed by atoms with Crippen LogP contribution in [0.3, 0.4) is 0 Å². The second-order valence-corrected chi connectivity index (χ2v) is 6.49. The van der Waals surface area contributed by atoms with E-state index >= 15 is 0 Å². The van der Waals surface area contributed by atoms with E-state index in [2.05, 4.69) is 5.32 Å². The van der Waals surface area contributed by atoms with E-state index in [0.29, 0.717) is 18.3 Å². The van der Waals surface area contributed by atoms with E-state index < -0.39 is 5.60 Å². The zero-order valence-electron chi connectivity index (χ0n) is 12.1. The molecule has 2 aliphatic carbocycles. The highest BCUT2D eigenvalue weighted by Crippen LogP contribution is 2.33. The number of phenols is 1. The summed E-state index contributed by atoms with van der Waals surface area (Å²) in [6.45, 7) is 0.692. The van der Waals surface area contributed by atoms with Crippen molar-refractivity contribution in [1.29, 1.82) is 0 Å². The molecule has 1 unspecified atom stereocenters. The van der Waals surface area contributed by atoms with Gasteiger partial charge in [0.25, 0.3) is 0 Å². The van der Waals surface area contributed by atoms with E-state index in [1.807, 2.05) is 12.1 Å². The first-order valence-corrected chi connectivity index (χ1v) is 7.94. The Hall–Kier alpha value is -1.06. The first-order chi connectivity index (χ1) is 9.66. The Morgan fingerprint density at radius 1 is 1.15 bits per heavy atom. The second-order valence-electron chi connectivity index (χ2n) is 6.49. The summed E-state index contributed by atoms with van der Waals surface area (Å²) in [6.07, 6.45) is 8.71. The largest absolute Gasteiger partial charge is 0.508 e. The van der Waals surface area contributed by atoms with Gasteiger partial charge in [0.15, 0.2) is 0 Å². The SMILES string of the molecule is Oc1ccc2c(c1)CCCC2NCC1(O)CCCCC1. The lowest BCUT2D eigenvalue weighted by Crippen LogP contribution is -2.43. The number of hydrogen-bond acceptors (Lipinski definition) is 3. The van der Waals surface area contributed by atoms with Gasteiger partial charge in [-0.1, -0.05) is 25.3 Å². The summed E-state index contributed by atoms with van der Waals surface area (Å²) in [7, 11) is 0. The van der Waals surface area contributed by atoms with Crippen LogP contribution in [0.5, 0.6) is 5.75 Å². The topological polar surface area (TPSA) is 52.5 Å². The minimum absolute atomic E-state index is 0.324. The van der Waals surface area contributed by atoms with Crippen molar-refractivity contribution in [1.82, 2.24) is 5.32 Å². The lowest BCUT2D eigenvalue weighted by molar-refractivity contribution is 0.00215. The number of rotatable bonds is 3. The summed E-state index contributed by atoms with van der Waals surface area (Å²) < 4.78 is 0. The molecule has 0 saturated heterocycles. The molecule has 0 spiro atoms. The predicted molar refractivity (Wildman–Crippen MR) is 79.8 cm³/mol. The third-order valence-electron chi connectivity index (χ3n) is 4.90. The Morgan fingerprint density at radius 2 is 1.95 bits per heavy atom. The highest BCUT2D eigenvalue weighted by molar-refractivity contribution is 5.38. The summed E-state index contributed by atoms with van der Waals surface area (Å²) in [4.78, 5) is 0. The molecular formula is C17H25NO2. The number of aliphatic hydroxyl groups is 1. The van der Waals surface area contributed by atoms with E-state index in [1.165, 1.54) is 17.5 Å². The molecule has 1 atom stereocenters. The van der Waals surface area contributed by atoms with Crippen LogP contribution in [0.4, 0.5) is 0 Å². The van der Waals surface area contributed by atoms with Crippen LogP contribution in [-0.4, -0.2) is 22.4 Å². The smallest absolute Gasteiger partial charge is 0.115 e. The summed E-state index contributed by atoms with van der Waals surface area (Å²) in [5.74, 6) is 0.357. The molecule has 1 saturated carbocycles. The standard InChI is InChI=1S/C17H25NO2/c19-14-7-8-15-13(11-14)5-4-6-16(15)18-12-17(20)9-2-1-3-10-17/h7-8,11,16,18-20H,1-6,9-10,12H2. The lowest BCUT2D eigenvalue weighted by atomic mass is 9.83. The Balaban J connectivity index is 1.67. The van der Waals surface area contributed by atoms with E-state index in [0.717, 1.165) is 44.9 Å². The molecule has 20 heavy (non-hydrogen) atoms. The molecule has 3 nitrogen and oxygen atoms in total. The molecule has 1 fully saturated rings. The van der Waals surface area contributed by atoms with Gasteiger partial charge in [0.2, 0.25) is 0 Å². The van der Waals surface area contributed by atoms with Crippen LogP contribution in [-0.2, 0) is 6.42 Å². The minimum Gasteiger partial charge on any atom is -0.508 e. The molecule has 0 radical (unpaired) electrons. The molecule has 0 bridgehead atoms. The van der Waals surface area contributed by atoms with Gasteiger partial charge in [-0.15, -0.1) is 0 Å². The molecule has 2 aliphatic rings. The molecule has 3 rings (SSSR count). The monoisotopic (exact) mass is 275 g/mol. The van der Waals surface area contributed by atoms with Crippen molar-refractivity contribution in [3.63, 3.8) is 0 Å². The summed E-state index contributed by atoms with van der Waals surface area (Å²) in [5, 5.41) is 23.8. The van der Waals surface area contributed by atoms with Crippen LogP contribution in [0.25, 0.3) is 0 Å². The van der Waals surface area contributed by atoms with Gasteiger partial charge in [-0.05, 0) is 55.4 Å². The molecule has 3 N–H and O–H groups in total. The number of hydrogen-bond donors (Lipinski definition) is 3. The van der Waals surface area contributed by atoms with Gasteiger partial charge in [-0.2, -0.15) is 0 Å². The minimum atomic E-state index is -0.507. The van der Waals surface area contributed by atoms with Crippen molar-refractivity contribution in [2.24, 2.45) is 0 Å². The van der Waals surface area contributed by atoms with Gasteiger partial charge < -0.3 is 15.5 Å². The zero-order valence-corrected chi connectivity index (χ0v) is 12.1. The molecule has 0 aliphatic heterocycles. The van der Waals surface area contributed by atoms with Crippen LogP contribution < -0.4 is 5.32 Å². The third-order valence-corrected chi connectivity index (χ3v) is 4.90. The fraction of sp³-hybridized carbons (Fsp3) is 0.647. The van der Waals surface area contributed by atoms with Gasteiger partial charge in [-0.25, -0.2) is 0 Å². The van der Waals surface area contributed by atoms with Crippen molar-refractivity contribution in [2.75, 3.05) is 6.54 Å². The van der Waals surface area contributed by atoms with Crippen molar-refractivity contribution >= 4 is 0 Å². The van der Waals surface area contributed by atoms with Crippen LogP contribution in [0.1, 0.15) is 62.1 Å². The van der Waals surface area contributed by atoms with E-state index in [1.54, 1.807) is 6.07 Å². The molecule has 110 valence electrons. The van der Waals surface area contributed by atoms with Gasteiger partial charge in [0.1, 0.15) is 5.75 Å². The maximum Gasteiger partial charge on any atom is 0.115 e. The maximum atomic E-state index is 10.6. The summed E-state index contributed by atoms with van der Waals surface area (Å²) in [6, 6.07) is 6.02. The summed E-state index contributed by atoms with van der Waals surface area (Å²) in [5.41, 5.74) is 2.05. The lowest BCUT2D eigenvalue weighted by Gasteiger charge is -2.35. The number of benzene rings is 1. The Morgan fingerprint density at radius 3 is 2.75 bits per heavy atom. The zero-order chi connectivity index (χ0) is 14.0. The molecular weight excluding hydrogens is 250 g/mol. The average molecular weight is 275 g/mol. The molecule has 1 aromatic carbocycles. The summed E-state index contributed by atoms with van der Waals surface area (Å²) >= 11 is 0. The highest BCUT2D eigenvalue weighted by Gasteiger charge is 2.30. The van der Waals surface area contributed by atoms with Crippen molar-refractivity contribution in [3.8, 4) is 5.75 Å². The van der Waals surface area contributed by atoms with Gasteiger partial charge in [-0.3, -0.25) is 0 Å². The number of fused-ring (bicyclic) bond motifs is 1. The predicted octanol–water partition coefficient (Wildman–Crippen LogP) is 3.05. The number of nitrogens with one attached hydrogen (secondary N) is 1. The van der Waals surface area contributed by atoms with Crippen LogP contribution >= 0.6 is 0 Å². The van der Waals surface area contributed by atoms with Gasteiger partial charge in [0, 0.05) is 12.6 Å². The van der Waals surface area contributed by atoms with E-state index in [-0.39, 0.29) is 0 Å². The number of aromatic hydroxyl groups is 1. The van der Waals surface area contributed by atoms with Crippen molar-refractivity contribution < 1.29 is 10.2 Å². The average Bonchev–Trinajstić information content (AvgIpc) is 2.45. The Labute approximate surface area is 121 Å². The maximum absolute atomic E-state index is 10.6. The second kappa shape index (κ2) is 5.74. The first kappa shape index (κ1) is 13.9. The van der Waals surface area contributed by atoms with E-state index in [4.69, 9.17) is 0 Å². The molecule has 0 amide bonds. The number of aryl methyl sites for hydroxylation is 1. The van der Waals surface area contributed by atoms with Crippen molar-refractivity contribution in [2.45, 2.75) is 63.0 Å². The quantitative estimate of drug-likeness (QED) is 0.794. The highest BCUT2D eigenvalue weighted by atomic mass is 16.3. The van der Waals surface area contributed by atoms with Crippen LogP contribution in [0, 0.1) is 0 Å². The molecule has 0 heterocycles. The number of phenolic OH excluding ortho intramolecular Hbond substituents is 1. The Bertz CT molecular complexity index is 466. The first-order valence-electron chi connectivity index (χ1n) is 7.94. The normalized spacial score (nSPS) is 25.1. The van der Waals surface area contributed by atoms with Gasteiger partial charge >= 0.3 is 0 Å². The Kier molecular flexibility index (Phi) is 3.99. The molecule has 3 heteroatoms.